The van der Waals surface area contributed by atoms with Crippen molar-refractivity contribution >= 4 is 10.8 Å². The molecule has 1 nitrogen and oxygen atoms in total. The summed E-state index contributed by atoms with van der Waals surface area (Å²) in [6.07, 6.45) is 1.14. The first-order valence-corrected chi connectivity index (χ1v) is 6.69. The number of hydrogen-bond donors (Lipinski definition) is 1. The van der Waals surface area contributed by atoms with Gasteiger partial charge in [0.25, 0.3) is 0 Å². The van der Waals surface area contributed by atoms with E-state index in [4.69, 9.17) is 0 Å². The largest absolute Gasteiger partial charge is 0.317 e. The van der Waals surface area contributed by atoms with Gasteiger partial charge >= 0.3 is 0 Å². The summed E-state index contributed by atoms with van der Waals surface area (Å²) in [5.74, 6) is 0. The smallest absolute Gasteiger partial charge is 0.00440 e. The van der Waals surface area contributed by atoms with Crippen LogP contribution in [0.15, 0.2) is 42.5 Å². The average Bonchev–Trinajstić information content (AvgIpc) is 2.37. The summed E-state index contributed by atoms with van der Waals surface area (Å²) < 4.78 is 0. The van der Waals surface area contributed by atoms with E-state index < -0.39 is 0 Å². The fourth-order valence-electron chi connectivity index (χ4n) is 2.60. The predicted octanol–water partition coefficient (Wildman–Crippen LogP) is 4.12. The van der Waals surface area contributed by atoms with Crippen molar-refractivity contribution in [1.82, 2.24) is 5.32 Å². The lowest BCUT2D eigenvalue weighted by atomic mass is 9.79. The lowest BCUT2D eigenvalue weighted by molar-refractivity contribution is 0.405. The number of fused-ring (bicyclic) bond motifs is 1. The molecule has 2 aromatic carbocycles. The maximum absolute atomic E-state index is 3.33. The second-order valence-electron chi connectivity index (χ2n) is 5.84. The lowest BCUT2D eigenvalue weighted by Crippen LogP contribution is -2.30. The molecule has 0 aliphatic rings. The minimum atomic E-state index is 0.201. The Morgan fingerprint density at radius 1 is 1.06 bits per heavy atom. The summed E-state index contributed by atoms with van der Waals surface area (Å²) in [6, 6.07) is 15.9. The Kier molecular flexibility index (Phi) is 3.72. The van der Waals surface area contributed by atoms with Crippen molar-refractivity contribution in [2.45, 2.75) is 38.6 Å². The second-order valence-corrected chi connectivity index (χ2v) is 5.84. The van der Waals surface area contributed by atoms with Crippen molar-refractivity contribution < 1.29 is 0 Å². The molecule has 1 atom stereocenters. The quantitative estimate of drug-likeness (QED) is 0.849. The molecule has 0 aliphatic heterocycles. The molecule has 96 valence electrons. The van der Waals surface area contributed by atoms with Crippen molar-refractivity contribution in [3.05, 3.63) is 48.0 Å². The van der Waals surface area contributed by atoms with Crippen LogP contribution in [0.2, 0.25) is 0 Å². The Bertz CT molecular complexity index is 528. The van der Waals surface area contributed by atoms with E-state index in [1.165, 1.54) is 16.3 Å². The van der Waals surface area contributed by atoms with Crippen LogP contribution in [0.1, 0.15) is 32.8 Å². The third kappa shape index (κ3) is 2.73. The zero-order valence-corrected chi connectivity index (χ0v) is 11.8. The summed E-state index contributed by atoms with van der Waals surface area (Å²) in [7, 11) is 2.03. The van der Waals surface area contributed by atoms with Gasteiger partial charge in [-0.15, -0.1) is 0 Å². The van der Waals surface area contributed by atoms with Crippen LogP contribution in [0, 0.1) is 0 Å². The SMILES string of the molecule is CNC(C)CC(C)(C)c1ccc2ccccc2c1. The highest BCUT2D eigenvalue weighted by molar-refractivity contribution is 5.83. The van der Waals surface area contributed by atoms with Gasteiger partial charge in [0, 0.05) is 6.04 Å². The molecule has 0 saturated carbocycles. The number of nitrogens with one attached hydrogen (secondary N) is 1. The maximum Gasteiger partial charge on any atom is 0.00440 e. The van der Waals surface area contributed by atoms with Crippen LogP contribution in [0.3, 0.4) is 0 Å². The van der Waals surface area contributed by atoms with Crippen LogP contribution in [0.25, 0.3) is 10.8 Å². The van der Waals surface area contributed by atoms with E-state index in [1.807, 2.05) is 7.05 Å². The van der Waals surface area contributed by atoms with Crippen molar-refractivity contribution in [3.63, 3.8) is 0 Å². The van der Waals surface area contributed by atoms with E-state index in [9.17, 15) is 0 Å². The van der Waals surface area contributed by atoms with Gasteiger partial charge in [-0.2, -0.15) is 0 Å². The van der Waals surface area contributed by atoms with E-state index in [1.54, 1.807) is 0 Å². The van der Waals surface area contributed by atoms with Gasteiger partial charge in [0.2, 0.25) is 0 Å². The molecule has 0 saturated heterocycles. The summed E-state index contributed by atoms with van der Waals surface area (Å²) in [5.41, 5.74) is 1.62. The number of hydrogen-bond acceptors (Lipinski definition) is 1. The van der Waals surface area contributed by atoms with Gasteiger partial charge in [0.05, 0.1) is 0 Å². The number of rotatable bonds is 4. The molecule has 1 unspecified atom stereocenters. The van der Waals surface area contributed by atoms with Crippen LogP contribution < -0.4 is 5.32 Å². The van der Waals surface area contributed by atoms with Crippen molar-refractivity contribution in [2.24, 2.45) is 0 Å². The molecule has 0 bridgehead atoms. The van der Waals surface area contributed by atoms with Crippen LogP contribution in [0.4, 0.5) is 0 Å². The van der Waals surface area contributed by atoms with Crippen molar-refractivity contribution in [3.8, 4) is 0 Å². The molecule has 0 fully saturated rings. The third-order valence-electron chi connectivity index (χ3n) is 3.84. The van der Waals surface area contributed by atoms with Crippen LogP contribution in [0.5, 0.6) is 0 Å². The minimum absolute atomic E-state index is 0.201. The zero-order valence-electron chi connectivity index (χ0n) is 11.8. The molecular formula is C17H23N. The highest BCUT2D eigenvalue weighted by Gasteiger charge is 2.22. The van der Waals surface area contributed by atoms with Crippen molar-refractivity contribution in [2.75, 3.05) is 7.05 Å². The highest BCUT2D eigenvalue weighted by Crippen LogP contribution is 2.30. The van der Waals surface area contributed by atoms with E-state index in [2.05, 4.69) is 68.6 Å². The molecule has 0 heterocycles. The van der Waals surface area contributed by atoms with Crippen LogP contribution >= 0.6 is 0 Å². The van der Waals surface area contributed by atoms with Crippen molar-refractivity contribution in [1.29, 1.82) is 0 Å². The Morgan fingerprint density at radius 3 is 2.39 bits per heavy atom. The topological polar surface area (TPSA) is 12.0 Å². The first-order chi connectivity index (χ1) is 8.53. The summed E-state index contributed by atoms with van der Waals surface area (Å²) in [4.78, 5) is 0. The van der Waals surface area contributed by atoms with Gasteiger partial charge in [-0.3, -0.25) is 0 Å². The van der Waals surface area contributed by atoms with Gasteiger partial charge in [-0.1, -0.05) is 56.3 Å². The first kappa shape index (κ1) is 13.1. The zero-order chi connectivity index (χ0) is 13.2. The molecule has 0 aliphatic carbocycles. The van der Waals surface area contributed by atoms with Gasteiger partial charge in [0.1, 0.15) is 0 Å². The highest BCUT2D eigenvalue weighted by atomic mass is 14.9. The molecule has 1 N–H and O–H groups in total. The average molecular weight is 241 g/mol. The Hall–Kier alpha value is -1.34. The van der Waals surface area contributed by atoms with Crippen LogP contribution in [-0.4, -0.2) is 13.1 Å². The van der Waals surface area contributed by atoms with Gasteiger partial charge in [-0.25, -0.2) is 0 Å². The Balaban J connectivity index is 2.35. The monoisotopic (exact) mass is 241 g/mol. The van der Waals surface area contributed by atoms with Gasteiger partial charge in [-0.05, 0) is 42.1 Å². The number of benzene rings is 2. The van der Waals surface area contributed by atoms with Crippen LogP contribution in [-0.2, 0) is 5.41 Å². The predicted molar refractivity (Wildman–Crippen MR) is 80.1 cm³/mol. The van der Waals surface area contributed by atoms with E-state index in [0.29, 0.717) is 6.04 Å². The first-order valence-electron chi connectivity index (χ1n) is 6.69. The van der Waals surface area contributed by atoms with Gasteiger partial charge in [0.15, 0.2) is 0 Å². The molecule has 0 amide bonds. The Morgan fingerprint density at radius 2 is 1.72 bits per heavy atom. The van der Waals surface area contributed by atoms with E-state index >= 15 is 0 Å². The van der Waals surface area contributed by atoms with Gasteiger partial charge < -0.3 is 5.32 Å². The molecule has 0 radical (unpaired) electrons. The Labute approximate surface area is 110 Å². The molecular weight excluding hydrogens is 218 g/mol. The molecule has 0 spiro atoms. The summed E-state index contributed by atoms with van der Waals surface area (Å²) >= 11 is 0. The molecule has 2 rings (SSSR count). The van der Waals surface area contributed by atoms with E-state index in [0.717, 1.165) is 6.42 Å². The molecule has 1 heteroatoms. The molecule has 18 heavy (non-hydrogen) atoms. The maximum atomic E-state index is 3.33. The normalized spacial score (nSPS) is 13.8. The fraction of sp³-hybridized carbons (Fsp3) is 0.412. The molecule has 2 aromatic rings. The summed E-state index contributed by atoms with van der Waals surface area (Å²) in [6.45, 7) is 6.89. The molecule has 0 aromatic heterocycles. The standard InChI is InChI=1S/C17H23N/c1-13(18-4)12-17(2,3)16-10-9-14-7-5-6-8-15(14)11-16/h5-11,13,18H,12H2,1-4H3. The minimum Gasteiger partial charge on any atom is -0.317 e. The second kappa shape index (κ2) is 5.11. The summed E-state index contributed by atoms with van der Waals surface area (Å²) in [5, 5.41) is 5.98. The van der Waals surface area contributed by atoms with E-state index in [-0.39, 0.29) is 5.41 Å². The third-order valence-corrected chi connectivity index (χ3v) is 3.84. The fourth-order valence-corrected chi connectivity index (χ4v) is 2.60. The lowest BCUT2D eigenvalue weighted by Gasteiger charge is -2.29.